The fourth-order valence-electron chi connectivity index (χ4n) is 1.68. The van der Waals surface area contributed by atoms with E-state index in [0.29, 0.717) is 16.9 Å². The Morgan fingerprint density at radius 1 is 1.33 bits per heavy atom. The van der Waals surface area contributed by atoms with Crippen molar-refractivity contribution in [3.63, 3.8) is 0 Å². The molecule has 0 spiro atoms. The summed E-state index contributed by atoms with van der Waals surface area (Å²) in [5.74, 6) is -0.187. The number of benzene rings is 2. The number of halogens is 2. The van der Waals surface area contributed by atoms with Gasteiger partial charge >= 0.3 is 0 Å². The van der Waals surface area contributed by atoms with E-state index >= 15 is 0 Å². The standard InChI is InChI=1S/C14H8ClFN2O3/c15-13-6-12(3-4-14(13)18(19)20)21-8-10-5-11(16)2-1-9(10)7-17/h1-6H,8H2. The quantitative estimate of drug-likeness (QED) is 0.635. The maximum absolute atomic E-state index is 13.2. The zero-order valence-electron chi connectivity index (χ0n) is 10.5. The van der Waals surface area contributed by atoms with Crippen LogP contribution >= 0.6 is 11.6 Å². The molecule has 0 radical (unpaired) electrons. The van der Waals surface area contributed by atoms with Crippen LogP contribution in [0.1, 0.15) is 11.1 Å². The van der Waals surface area contributed by atoms with Gasteiger partial charge in [-0.2, -0.15) is 5.26 Å². The van der Waals surface area contributed by atoms with Gasteiger partial charge in [0.05, 0.1) is 16.6 Å². The summed E-state index contributed by atoms with van der Waals surface area (Å²) in [7, 11) is 0. The van der Waals surface area contributed by atoms with E-state index in [9.17, 15) is 14.5 Å². The highest BCUT2D eigenvalue weighted by atomic mass is 35.5. The van der Waals surface area contributed by atoms with Crippen LogP contribution in [-0.2, 0) is 6.61 Å². The van der Waals surface area contributed by atoms with E-state index in [-0.39, 0.29) is 17.3 Å². The number of nitrogens with zero attached hydrogens (tertiary/aromatic N) is 2. The molecule has 2 aromatic rings. The Morgan fingerprint density at radius 3 is 2.71 bits per heavy atom. The van der Waals surface area contributed by atoms with Gasteiger partial charge in [-0.1, -0.05) is 11.6 Å². The lowest BCUT2D eigenvalue weighted by Gasteiger charge is -2.08. The minimum absolute atomic E-state index is 0.0468. The van der Waals surface area contributed by atoms with Gasteiger partial charge in [0.25, 0.3) is 5.69 Å². The van der Waals surface area contributed by atoms with E-state index < -0.39 is 10.7 Å². The molecule has 0 fully saturated rings. The molecule has 0 aromatic heterocycles. The number of ether oxygens (including phenoxy) is 1. The first-order chi connectivity index (χ1) is 10.0. The smallest absolute Gasteiger partial charge is 0.288 e. The maximum atomic E-state index is 13.2. The number of nitriles is 1. The largest absolute Gasteiger partial charge is 0.489 e. The van der Waals surface area contributed by atoms with Crippen LogP contribution in [0.15, 0.2) is 36.4 Å². The summed E-state index contributed by atoms with van der Waals surface area (Å²) < 4.78 is 18.5. The minimum Gasteiger partial charge on any atom is -0.489 e. The number of nitro groups is 1. The van der Waals surface area contributed by atoms with Gasteiger partial charge in [0.15, 0.2) is 0 Å². The summed E-state index contributed by atoms with van der Waals surface area (Å²) in [6.45, 7) is -0.0468. The summed E-state index contributed by atoms with van der Waals surface area (Å²) in [6, 6.07) is 9.57. The molecule has 0 bridgehead atoms. The van der Waals surface area contributed by atoms with Gasteiger partial charge in [0.1, 0.15) is 23.2 Å². The Balaban J connectivity index is 2.17. The first kappa shape index (κ1) is 14.8. The second kappa shape index (κ2) is 6.20. The normalized spacial score (nSPS) is 9.95. The van der Waals surface area contributed by atoms with Gasteiger partial charge in [0, 0.05) is 17.7 Å². The summed E-state index contributed by atoms with van der Waals surface area (Å²) in [6.07, 6.45) is 0. The lowest BCUT2D eigenvalue weighted by Crippen LogP contribution is -1.99. The third kappa shape index (κ3) is 3.46. The van der Waals surface area contributed by atoms with E-state index in [1.165, 1.54) is 36.4 Å². The molecule has 106 valence electrons. The Labute approximate surface area is 124 Å². The molecule has 0 aliphatic heterocycles. The molecule has 2 aromatic carbocycles. The molecule has 0 aliphatic rings. The zero-order chi connectivity index (χ0) is 15.4. The molecule has 0 N–H and O–H groups in total. The molecule has 0 atom stereocenters. The van der Waals surface area contributed by atoms with Crippen molar-refractivity contribution >= 4 is 17.3 Å². The van der Waals surface area contributed by atoms with E-state index in [1.54, 1.807) is 0 Å². The third-order valence-electron chi connectivity index (χ3n) is 2.70. The molecule has 0 heterocycles. The summed E-state index contributed by atoms with van der Waals surface area (Å²) in [5.41, 5.74) is 0.448. The van der Waals surface area contributed by atoms with Crippen molar-refractivity contribution in [3.8, 4) is 11.8 Å². The van der Waals surface area contributed by atoms with E-state index in [0.717, 1.165) is 0 Å². The molecule has 0 amide bonds. The molecule has 0 aliphatic carbocycles. The number of nitro benzene ring substituents is 1. The van der Waals surface area contributed by atoms with Crippen LogP contribution in [0.4, 0.5) is 10.1 Å². The average molecular weight is 307 g/mol. The molecule has 21 heavy (non-hydrogen) atoms. The zero-order valence-corrected chi connectivity index (χ0v) is 11.3. The first-order valence-corrected chi connectivity index (χ1v) is 6.14. The van der Waals surface area contributed by atoms with Crippen LogP contribution in [0.2, 0.25) is 5.02 Å². The predicted octanol–water partition coefficient (Wildman–Crippen LogP) is 3.84. The summed E-state index contributed by atoms with van der Waals surface area (Å²) >= 11 is 5.76. The van der Waals surface area contributed by atoms with Crippen molar-refractivity contribution in [3.05, 3.63) is 68.5 Å². The molecular formula is C14H8ClFN2O3. The van der Waals surface area contributed by atoms with Crippen molar-refractivity contribution in [1.82, 2.24) is 0 Å². The minimum atomic E-state index is -0.605. The van der Waals surface area contributed by atoms with E-state index in [2.05, 4.69) is 0 Å². The van der Waals surface area contributed by atoms with Crippen molar-refractivity contribution in [2.24, 2.45) is 0 Å². The van der Waals surface area contributed by atoms with E-state index in [1.807, 2.05) is 6.07 Å². The fourth-order valence-corrected chi connectivity index (χ4v) is 1.92. The monoisotopic (exact) mass is 306 g/mol. The number of hydrogen-bond acceptors (Lipinski definition) is 4. The average Bonchev–Trinajstić information content (AvgIpc) is 2.45. The van der Waals surface area contributed by atoms with Crippen LogP contribution in [0, 0.1) is 27.3 Å². The number of hydrogen-bond donors (Lipinski definition) is 0. The Bertz CT molecular complexity index is 743. The third-order valence-corrected chi connectivity index (χ3v) is 3.00. The molecule has 2 rings (SSSR count). The highest BCUT2D eigenvalue weighted by Crippen LogP contribution is 2.28. The molecule has 0 saturated carbocycles. The predicted molar refractivity (Wildman–Crippen MR) is 73.6 cm³/mol. The highest BCUT2D eigenvalue weighted by molar-refractivity contribution is 6.32. The summed E-state index contributed by atoms with van der Waals surface area (Å²) in [4.78, 5) is 10.0. The number of rotatable bonds is 4. The molecule has 0 unspecified atom stereocenters. The molecule has 0 saturated heterocycles. The van der Waals surface area contributed by atoms with Gasteiger partial charge in [-0.25, -0.2) is 4.39 Å². The molecule has 7 heteroatoms. The lowest BCUT2D eigenvalue weighted by atomic mass is 10.1. The van der Waals surface area contributed by atoms with Crippen LogP contribution < -0.4 is 4.74 Å². The van der Waals surface area contributed by atoms with Gasteiger partial charge in [-0.05, 0) is 24.3 Å². The SMILES string of the molecule is N#Cc1ccc(F)cc1COc1ccc([N+](=O)[O-])c(Cl)c1. The first-order valence-electron chi connectivity index (χ1n) is 5.76. The van der Waals surface area contributed by atoms with Crippen molar-refractivity contribution < 1.29 is 14.1 Å². The Hall–Kier alpha value is -2.65. The van der Waals surface area contributed by atoms with Crippen molar-refractivity contribution in [1.29, 1.82) is 5.26 Å². The van der Waals surface area contributed by atoms with Gasteiger partial charge in [0.2, 0.25) is 0 Å². The van der Waals surface area contributed by atoms with Crippen LogP contribution in [0.5, 0.6) is 5.75 Å². The second-order valence-electron chi connectivity index (χ2n) is 4.07. The summed E-state index contributed by atoms with van der Waals surface area (Å²) in [5, 5.41) is 19.5. The van der Waals surface area contributed by atoms with E-state index in [4.69, 9.17) is 21.6 Å². The van der Waals surface area contributed by atoms with Crippen LogP contribution in [0.25, 0.3) is 0 Å². The van der Waals surface area contributed by atoms with Gasteiger partial charge < -0.3 is 4.74 Å². The Morgan fingerprint density at radius 2 is 2.10 bits per heavy atom. The topological polar surface area (TPSA) is 76.2 Å². The van der Waals surface area contributed by atoms with Gasteiger partial charge in [-0.15, -0.1) is 0 Å². The Kier molecular flexibility index (Phi) is 4.36. The second-order valence-corrected chi connectivity index (χ2v) is 4.48. The van der Waals surface area contributed by atoms with Crippen molar-refractivity contribution in [2.45, 2.75) is 6.61 Å². The molecule has 5 nitrogen and oxygen atoms in total. The fraction of sp³-hybridized carbons (Fsp3) is 0.0714. The van der Waals surface area contributed by atoms with Crippen LogP contribution in [-0.4, -0.2) is 4.92 Å². The molecular weight excluding hydrogens is 299 g/mol. The highest BCUT2D eigenvalue weighted by Gasteiger charge is 2.13. The van der Waals surface area contributed by atoms with Gasteiger partial charge in [-0.3, -0.25) is 10.1 Å². The van der Waals surface area contributed by atoms with Crippen LogP contribution in [0.3, 0.4) is 0 Å². The van der Waals surface area contributed by atoms with Crippen molar-refractivity contribution in [2.75, 3.05) is 0 Å². The maximum Gasteiger partial charge on any atom is 0.288 e. The lowest BCUT2D eigenvalue weighted by molar-refractivity contribution is -0.384.